The maximum atomic E-state index is 5.71. The summed E-state index contributed by atoms with van der Waals surface area (Å²) >= 11 is 5.71. The summed E-state index contributed by atoms with van der Waals surface area (Å²) in [5, 5.41) is 0. The van der Waals surface area contributed by atoms with Crippen molar-refractivity contribution in [1.29, 1.82) is 0 Å². The van der Waals surface area contributed by atoms with Crippen molar-refractivity contribution in [1.82, 2.24) is 4.90 Å². The Kier molecular flexibility index (Phi) is 5.18. The number of ether oxygens (including phenoxy) is 1. The normalized spacial score (nSPS) is 21.5. The Bertz CT molecular complexity index is 228. The number of halogens is 2. The first-order valence-corrected chi connectivity index (χ1v) is 4.31. The molecular formula is C8H14Cl2N2O. The van der Waals surface area contributed by atoms with Gasteiger partial charge in [0.25, 0.3) is 0 Å². The van der Waals surface area contributed by atoms with Gasteiger partial charge < -0.3 is 9.64 Å². The van der Waals surface area contributed by atoms with Gasteiger partial charge in [-0.25, -0.2) is 0 Å². The highest BCUT2D eigenvalue weighted by Crippen LogP contribution is 2.17. The predicted molar refractivity (Wildman–Crippen MR) is 57.7 cm³/mol. The average molecular weight is 225 g/mol. The van der Waals surface area contributed by atoms with E-state index < -0.39 is 0 Å². The molecule has 0 aromatic rings. The van der Waals surface area contributed by atoms with Crippen LogP contribution in [0.3, 0.4) is 0 Å². The molecule has 1 aliphatic rings. The van der Waals surface area contributed by atoms with Gasteiger partial charge in [0.2, 0.25) is 0 Å². The minimum atomic E-state index is 0. The minimum Gasteiger partial charge on any atom is -0.482 e. The minimum absolute atomic E-state index is 0. The Morgan fingerprint density at radius 3 is 2.77 bits per heavy atom. The largest absolute Gasteiger partial charge is 0.482 e. The van der Waals surface area contributed by atoms with Gasteiger partial charge in [0.05, 0.1) is 13.0 Å². The van der Waals surface area contributed by atoms with Crippen LogP contribution in [0.25, 0.3) is 0 Å². The highest BCUT2D eigenvalue weighted by atomic mass is 35.5. The molecule has 5 heteroatoms. The lowest BCUT2D eigenvalue weighted by molar-refractivity contribution is 0.144. The molecule has 0 saturated carbocycles. The molecule has 0 aromatic carbocycles. The third-order valence-electron chi connectivity index (χ3n) is 1.88. The van der Waals surface area contributed by atoms with E-state index in [1.54, 1.807) is 13.3 Å². The van der Waals surface area contributed by atoms with E-state index >= 15 is 0 Å². The molecule has 0 saturated heterocycles. The summed E-state index contributed by atoms with van der Waals surface area (Å²) in [6.07, 6.45) is 1.80. The molecule has 0 bridgehead atoms. The third-order valence-corrected chi connectivity index (χ3v) is 2.15. The Hall–Kier alpha value is -0.410. The predicted octanol–water partition coefficient (Wildman–Crippen LogP) is 1.87. The maximum Gasteiger partial charge on any atom is 0.195 e. The average Bonchev–Trinajstić information content (AvgIpc) is 2.06. The van der Waals surface area contributed by atoms with Gasteiger partial charge in [-0.1, -0.05) is 0 Å². The third kappa shape index (κ3) is 2.51. The van der Waals surface area contributed by atoms with Crippen LogP contribution in [0, 0.1) is 0 Å². The summed E-state index contributed by atoms with van der Waals surface area (Å²) < 4.78 is 5.20. The lowest BCUT2D eigenvalue weighted by Gasteiger charge is -2.30. The van der Waals surface area contributed by atoms with Gasteiger partial charge in [-0.3, -0.25) is 4.99 Å². The second kappa shape index (κ2) is 5.35. The number of hydrogen-bond acceptors (Lipinski definition) is 3. The quantitative estimate of drug-likeness (QED) is 0.670. The lowest BCUT2D eigenvalue weighted by Crippen LogP contribution is -2.35. The summed E-state index contributed by atoms with van der Waals surface area (Å²) in [5.41, 5.74) is 1.03. The fourth-order valence-corrected chi connectivity index (χ4v) is 1.50. The molecule has 1 heterocycles. The van der Waals surface area contributed by atoms with E-state index in [2.05, 4.69) is 4.99 Å². The van der Waals surface area contributed by atoms with Gasteiger partial charge in [-0.2, -0.15) is 0 Å². The maximum absolute atomic E-state index is 5.71. The molecule has 1 rings (SSSR count). The number of methoxy groups -OCH3 is 1. The summed E-state index contributed by atoms with van der Waals surface area (Å²) in [7, 11) is 3.58. The molecule has 3 nitrogen and oxygen atoms in total. The van der Waals surface area contributed by atoms with Crippen molar-refractivity contribution >= 4 is 30.2 Å². The van der Waals surface area contributed by atoms with E-state index in [9.17, 15) is 0 Å². The van der Waals surface area contributed by atoms with Crippen LogP contribution in [0.1, 0.15) is 6.92 Å². The van der Waals surface area contributed by atoms with Crippen molar-refractivity contribution in [3.05, 3.63) is 11.5 Å². The molecule has 1 unspecified atom stereocenters. The highest BCUT2D eigenvalue weighted by Gasteiger charge is 2.20. The highest BCUT2D eigenvalue weighted by molar-refractivity contribution is 6.18. The number of nitrogens with zero attached hydrogens (tertiary/aromatic N) is 2. The van der Waals surface area contributed by atoms with E-state index in [1.807, 2.05) is 18.9 Å². The first-order valence-electron chi connectivity index (χ1n) is 3.77. The number of allylic oxidation sites excluding steroid dienone is 1. The number of aliphatic imine (C=N–C) groups is 1. The second-order valence-corrected chi connectivity index (χ2v) is 3.02. The zero-order chi connectivity index (χ0) is 9.14. The van der Waals surface area contributed by atoms with Gasteiger partial charge in [-0.05, 0) is 6.92 Å². The van der Waals surface area contributed by atoms with Crippen LogP contribution < -0.4 is 0 Å². The van der Waals surface area contributed by atoms with Crippen LogP contribution in [0.2, 0.25) is 0 Å². The first-order chi connectivity index (χ1) is 5.70. The van der Waals surface area contributed by atoms with E-state index in [4.69, 9.17) is 16.3 Å². The van der Waals surface area contributed by atoms with E-state index in [0.717, 1.165) is 11.5 Å². The van der Waals surface area contributed by atoms with Crippen molar-refractivity contribution in [2.24, 2.45) is 4.99 Å². The van der Waals surface area contributed by atoms with Gasteiger partial charge >= 0.3 is 0 Å². The molecule has 0 spiro atoms. The molecule has 0 aromatic heterocycles. The number of alkyl halides is 1. The molecule has 0 aliphatic carbocycles. The van der Waals surface area contributed by atoms with E-state index in [1.165, 1.54) is 0 Å². The second-order valence-electron chi connectivity index (χ2n) is 2.72. The zero-order valence-electron chi connectivity index (χ0n) is 7.95. The molecule has 1 aliphatic heterocycles. The molecule has 76 valence electrons. The van der Waals surface area contributed by atoms with E-state index in [-0.39, 0.29) is 18.6 Å². The van der Waals surface area contributed by atoms with Crippen LogP contribution in [-0.4, -0.2) is 37.3 Å². The van der Waals surface area contributed by atoms with Crippen LogP contribution in [0.4, 0.5) is 0 Å². The monoisotopic (exact) mass is 224 g/mol. The van der Waals surface area contributed by atoms with Crippen molar-refractivity contribution in [3.8, 4) is 0 Å². The number of rotatable bonds is 2. The molecule has 1 atom stereocenters. The summed E-state index contributed by atoms with van der Waals surface area (Å²) in [6, 6.07) is 0. The zero-order valence-corrected chi connectivity index (χ0v) is 9.52. The Balaban J connectivity index is 0.00000144. The van der Waals surface area contributed by atoms with Crippen LogP contribution >= 0.6 is 24.0 Å². The SMILES string of the molecule is COC1=C(C)C=NC(CCl)N1C.Cl. The Labute approximate surface area is 89.8 Å². The van der Waals surface area contributed by atoms with Crippen LogP contribution in [0.5, 0.6) is 0 Å². The summed E-state index contributed by atoms with van der Waals surface area (Å²) in [4.78, 5) is 6.17. The van der Waals surface area contributed by atoms with Crippen molar-refractivity contribution in [2.75, 3.05) is 20.0 Å². The molecule has 0 amide bonds. The van der Waals surface area contributed by atoms with Gasteiger partial charge in [0.15, 0.2) is 5.88 Å². The van der Waals surface area contributed by atoms with Crippen LogP contribution in [-0.2, 0) is 4.74 Å². The fraction of sp³-hybridized carbons (Fsp3) is 0.625. The van der Waals surface area contributed by atoms with Gasteiger partial charge in [0, 0.05) is 18.8 Å². The van der Waals surface area contributed by atoms with Crippen molar-refractivity contribution in [2.45, 2.75) is 13.1 Å². The lowest BCUT2D eigenvalue weighted by atomic mass is 10.3. The molecule has 0 fully saturated rings. The van der Waals surface area contributed by atoms with E-state index in [0.29, 0.717) is 5.88 Å². The summed E-state index contributed by atoms with van der Waals surface area (Å²) in [6.45, 7) is 1.96. The molecular weight excluding hydrogens is 211 g/mol. The molecule has 0 N–H and O–H groups in total. The fourth-order valence-electron chi connectivity index (χ4n) is 1.21. The van der Waals surface area contributed by atoms with Gasteiger partial charge in [-0.15, -0.1) is 24.0 Å². The summed E-state index contributed by atoms with van der Waals surface area (Å²) in [5.74, 6) is 1.32. The smallest absolute Gasteiger partial charge is 0.195 e. The topological polar surface area (TPSA) is 24.8 Å². The van der Waals surface area contributed by atoms with Gasteiger partial charge in [0.1, 0.15) is 6.17 Å². The first kappa shape index (κ1) is 12.6. The number of hydrogen-bond donors (Lipinski definition) is 0. The Morgan fingerprint density at radius 1 is 1.69 bits per heavy atom. The Morgan fingerprint density at radius 2 is 2.31 bits per heavy atom. The molecule has 0 radical (unpaired) electrons. The van der Waals surface area contributed by atoms with Crippen LogP contribution in [0.15, 0.2) is 16.4 Å². The van der Waals surface area contributed by atoms with Crippen molar-refractivity contribution in [3.63, 3.8) is 0 Å². The standard InChI is InChI=1S/C8H13ClN2O.ClH/c1-6-5-10-7(4-9)11(2)8(6)12-3;/h5,7H,4H2,1-3H3;1H. The molecule has 13 heavy (non-hydrogen) atoms. The van der Waals surface area contributed by atoms with Crippen molar-refractivity contribution < 1.29 is 4.74 Å².